The fraction of sp³-hybridized carbons (Fsp3) is 0.769. The Morgan fingerprint density at radius 3 is 2.50 bits per heavy atom. The van der Waals surface area contributed by atoms with Gasteiger partial charge in [0.1, 0.15) is 0 Å². The summed E-state index contributed by atoms with van der Waals surface area (Å²) in [6.07, 6.45) is 3.01. The molecule has 7 heteroatoms. The average molecular weight is 280 g/mol. The van der Waals surface area contributed by atoms with Gasteiger partial charge in [0.25, 0.3) is 0 Å². The maximum atomic E-state index is 5.36. The van der Waals surface area contributed by atoms with Crippen molar-refractivity contribution in [2.45, 2.75) is 32.2 Å². The normalized spacial score (nSPS) is 15.9. The summed E-state index contributed by atoms with van der Waals surface area (Å²) in [6, 6.07) is 0.375. The van der Waals surface area contributed by atoms with Crippen molar-refractivity contribution in [2.75, 3.05) is 49.4 Å². The van der Waals surface area contributed by atoms with Crippen LogP contribution in [0.5, 0.6) is 0 Å². The molecule has 112 valence electrons. The smallest absolute Gasteiger partial charge is 0.231 e. The number of rotatable bonds is 6. The predicted octanol–water partition coefficient (Wildman–Crippen LogP) is 1.35. The van der Waals surface area contributed by atoms with Crippen molar-refractivity contribution in [1.82, 2.24) is 15.0 Å². The summed E-state index contributed by atoms with van der Waals surface area (Å²) < 4.78 is 5.36. The van der Waals surface area contributed by atoms with Crippen molar-refractivity contribution in [2.24, 2.45) is 0 Å². The SMILES string of the molecule is CCCNc1nc(NC2CCOCC2)nc(N(C)C)n1. The van der Waals surface area contributed by atoms with Crippen molar-refractivity contribution < 1.29 is 4.74 Å². The van der Waals surface area contributed by atoms with Gasteiger partial charge in [-0.25, -0.2) is 0 Å². The molecule has 2 heterocycles. The standard InChI is InChI=1S/C13H24N6O/c1-4-7-14-11-16-12(18-13(17-11)19(2)3)15-10-5-8-20-9-6-10/h10H,4-9H2,1-3H3,(H2,14,15,16,17,18). The maximum Gasteiger partial charge on any atom is 0.231 e. The lowest BCUT2D eigenvalue weighted by atomic mass is 10.1. The second kappa shape index (κ2) is 7.23. The van der Waals surface area contributed by atoms with E-state index in [4.69, 9.17) is 4.74 Å². The fourth-order valence-corrected chi connectivity index (χ4v) is 1.97. The first-order chi connectivity index (χ1) is 9.69. The Morgan fingerprint density at radius 1 is 1.15 bits per heavy atom. The Kier molecular flexibility index (Phi) is 5.34. The molecule has 1 aliphatic rings. The van der Waals surface area contributed by atoms with Gasteiger partial charge in [-0.05, 0) is 19.3 Å². The third-order valence-electron chi connectivity index (χ3n) is 3.11. The van der Waals surface area contributed by atoms with Gasteiger partial charge >= 0.3 is 0 Å². The minimum Gasteiger partial charge on any atom is -0.381 e. The second-order valence-electron chi connectivity index (χ2n) is 5.13. The molecule has 1 aromatic rings. The van der Waals surface area contributed by atoms with E-state index < -0.39 is 0 Å². The highest BCUT2D eigenvalue weighted by molar-refractivity contribution is 5.43. The van der Waals surface area contributed by atoms with Gasteiger partial charge in [-0.15, -0.1) is 0 Å². The van der Waals surface area contributed by atoms with E-state index in [1.54, 1.807) is 0 Å². The molecule has 0 aromatic carbocycles. The van der Waals surface area contributed by atoms with Gasteiger partial charge in [-0.1, -0.05) is 6.92 Å². The molecule has 0 saturated carbocycles. The summed E-state index contributed by atoms with van der Waals surface area (Å²) in [4.78, 5) is 15.2. The van der Waals surface area contributed by atoms with E-state index >= 15 is 0 Å². The zero-order valence-electron chi connectivity index (χ0n) is 12.5. The van der Waals surface area contributed by atoms with Crippen LogP contribution in [0.15, 0.2) is 0 Å². The lowest BCUT2D eigenvalue weighted by Crippen LogP contribution is -2.29. The summed E-state index contributed by atoms with van der Waals surface area (Å²) in [6.45, 7) is 4.56. The quantitative estimate of drug-likeness (QED) is 0.814. The summed E-state index contributed by atoms with van der Waals surface area (Å²) in [7, 11) is 3.86. The third kappa shape index (κ3) is 4.19. The van der Waals surface area contributed by atoms with Gasteiger partial charge in [0.15, 0.2) is 0 Å². The molecule has 0 spiro atoms. The Labute approximate surface area is 120 Å². The number of nitrogens with zero attached hydrogens (tertiary/aromatic N) is 4. The third-order valence-corrected chi connectivity index (χ3v) is 3.11. The monoisotopic (exact) mass is 280 g/mol. The molecule has 0 aliphatic carbocycles. The van der Waals surface area contributed by atoms with Crippen molar-refractivity contribution in [1.29, 1.82) is 0 Å². The van der Waals surface area contributed by atoms with Crippen LogP contribution in [0.1, 0.15) is 26.2 Å². The molecule has 0 amide bonds. The zero-order chi connectivity index (χ0) is 14.4. The summed E-state index contributed by atoms with van der Waals surface area (Å²) in [5.74, 6) is 1.92. The van der Waals surface area contributed by atoms with Crippen LogP contribution in [-0.4, -0.2) is 54.8 Å². The van der Waals surface area contributed by atoms with Crippen LogP contribution in [0.25, 0.3) is 0 Å². The van der Waals surface area contributed by atoms with Crippen LogP contribution in [0.4, 0.5) is 17.8 Å². The molecule has 20 heavy (non-hydrogen) atoms. The molecular weight excluding hydrogens is 256 g/mol. The first kappa shape index (κ1) is 14.8. The summed E-state index contributed by atoms with van der Waals surface area (Å²) in [5.41, 5.74) is 0. The van der Waals surface area contributed by atoms with E-state index in [1.165, 1.54) is 0 Å². The first-order valence-electron chi connectivity index (χ1n) is 7.20. The predicted molar refractivity (Wildman–Crippen MR) is 80.4 cm³/mol. The maximum absolute atomic E-state index is 5.36. The van der Waals surface area contributed by atoms with E-state index in [0.717, 1.165) is 39.0 Å². The summed E-state index contributed by atoms with van der Waals surface area (Å²) >= 11 is 0. The van der Waals surface area contributed by atoms with Crippen LogP contribution in [0, 0.1) is 0 Å². The van der Waals surface area contributed by atoms with Crippen molar-refractivity contribution in [3.05, 3.63) is 0 Å². The van der Waals surface area contributed by atoms with Crippen LogP contribution in [0.3, 0.4) is 0 Å². The Bertz CT molecular complexity index is 419. The van der Waals surface area contributed by atoms with Crippen molar-refractivity contribution >= 4 is 17.8 Å². The number of anilines is 3. The van der Waals surface area contributed by atoms with E-state index in [0.29, 0.717) is 23.9 Å². The lowest BCUT2D eigenvalue weighted by molar-refractivity contribution is 0.0903. The molecule has 2 N–H and O–H groups in total. The van der Waals surface area contributed by atoms with Crippen LogP contribution < -0.4 is 15.5 Å². The minimum atomic E-state index is 0.375. The minimum absolute atomic E-state index is 0.375. The molecule has 0 radical (unpaired) electrons. The molecule has 0 atom stereocenters. The van der Waals surface area contributed by atoms with Crippen LogP contribution in [-0.2, 0) is 4.74 Å². The van der Waals surface area contributed by atoms with Crippen molar-refractivity contribution in [3.8, 4) is 0 Å². The Morgan fingerprint density at radius 2 is 1.85 bits per heavy atom. The van der Waals surface area contributed by atoms with E-state index in [2.05, 4.69) is 32.5 Å². The van der Waals surface area contributed by atoms with E-state index in [1.807, 2.05) is 19.0 Å². The highest BCUT2D eigenvalue weighted by Crippen LogP contribution is 2.15. The molecular formula is C13H24N6O. The molecule has 0 unspecified atom stereocenters. The van der Waals surface area contributed by atoms with Gasteiger partial charge in [0.2, 0.25) is 17.8 Å². The Hall–Kier alpha value is -1.63. The molecule has 1 aromatic heterocycles. The molecule has 1 fully saturated rings. The van der Waals surface area contributed by atoms with Gasteiger partial charge in [0, 0.05) is 39.9 Å². The number of nitrogens with one attached hydrogen (secondary N) is 2. The largest absolute Gasteiger partial charge is 0.381 e. The highest BCUT2D eigenvalue weighted by atomic mass is 16.5. The van der Waals surface area contributed by atoms with E-state index in [9.17, 15) is 0 Å². The molecule has 7 nitrogen and oxygen atoms in total. The molecule has 2 rings (SSSR count). The fourth-order valence-electron chi connectivity index (χ4n) is 1.97. The van der Waals surface area contributed by atoms with Gasteiger partial charge in [-0.2, -0.15) is 15.0 Å². The van der Waals surface area contributed by atoms with Gasteiger partial charge in [-0.3, -0.25) is 0 Å². The zero-order valence-corrected chi connectivity index (χ0v) is 12.5. The van der Waals surface area contributed by atoms with Crippen LogP contribution >= 0.6 is 0 Å². The van der Waals surface area contributed by atoms with E-state index in [-0.39, 0.29) is 0 Å². The highest BCUT2D eigenvalue weighted by Gasteiger charge is 2.16. The summed E-state index contributed by atoms with van der Waals surface area (Å²) in [5, 5.41) is 6.60. The topological polar surface area (TPSA) is 75.2 Å². The van der Waals surface area contributed by atoms with Crippen molar-refractivity contribution in [3.63, 3.8) is 0 Å². The number of hydrogen-bond acceptors (Lipinski definition) is 7. The van der Waals surface area contributed by atoms with Gasteiger partial charge in [0.05, 0.1) is 0 Å². The molecule has 1 saturated heterocycles. The average Bonchev–Trinajstić information content (AvgIpc) is 2.46. The number of ether oxygens (including phenoxy) is 1. The lowest BCUT2D eigenvalue weighted by Gasteiger charge is -2.23. The number of hydrogen-bond donors (Lipinski definition) is 2. The molecule has 1 aliphatic heterocycles. The van der Waals surface area contributed by atoms with Gasteiger partial charge < -0.3 is 20.3 Å². The number of aromatic nitrogens is 3. The Balaban J connectivity index is 2.10. The first-order valence-corrected chi connectivity index (χ1v) is 7.20. The molecule has 0 bridgehead atoms. The van der Waals surface area contributed by atoms with Crippen LogP contribution in [0.2, 0.25) is 0 Å². The second-order valence-corrected chi connectivity index (χ2v) is 5.13.